The molecule has 0 aromatic heterocycles. The van der Waals surface area contributed by atoms with E-state index in [4.69, 9.17) is 5.73 Å². The Morgan fingerprint density at radius 2 is 1.88 bits per heavy atom. The minimum atomic E-state index is -4.50. The highest BCUT2D eigenvalue weighted by Crippen LogP contribution is 2.34. The molecule has 0 unspecified atom stereocenters. The van der Waals surface area contributed by atoms with Gasteiger partial charge in [0.25, 0.3) is 15.9 Å². The number of aliphatic hydroxyl groups is 1. The number of hydrogen-bond acceptors (Lipinski definition) is 7. The average molecular weight is 390 g/mol. The van der Waals surface area contributed by atoms with Crippen molar-refractivity contribution in [2.75, 3.05) is 19.4 Å². The topological polar surface area (TPSA) is 179 Å². The molecule has 0 spiro atoms. The number of primary amides is 1. The number of nitrogens with zero attached hydrogens (tertiary/aromatic N) is 2. The van der Waals surface area contributed by atoms with Gasteiger partial charge in [0, 0.05) is 14.1 Å². The van der Waals surface area contributed by atoms with E-state index in [0.717, 1.165) is 10.4 Å². The molecule has 25 heavy (non-hydrogen) atoms. The van der Waals surface area contributed by atoms with Gasteiger partial charge in [-0.1, -0.05) is 6.07 Å². The number of aliphatic hydroxyl groups excluding tert-OH is 1. The van der Waals surface area contributed by atoms with E-state index in [1.54, 1.807) is 0 Å². The van der Waals surface area contributed by atoms with Crippen molar-refractivity contribution in [3.05, 3.63) is 28.8 Å². The average Bonchev–Trinajstić information content (AvgIpc) is 2.69. The molecule has 0 saturated carbocycles. The number of rotatable bonds is 5. The van der Waals surface area contributed by atoms with Gasteiger partial charge in [-0.15, -0.1) is 4.40 Å². The second-order valence-corrected chi connectivity index (χ2v) is 8.68. The fraction of sp³-hybridized carbons (Fsp3) is 0.167. The highest BCUT2D eigenvalue weighted by Gasteiger charge is 2.37. The first-order valence-electron chi connectivity index (χ1n) is 6.49. The molecule has 11 nitrogen and oxygen atoms in total. The number of benzene rings is 1. The third-order valence-electron chi connectivity index (χ3n) is 3.16. The quantitative estimate of drug-likeness (QED) is 0.464. The molecular weight excluding hydrogens is 376 g/mol. The van der Waals surface area contributed by atoms with Crippen LogP contribution in [0, 0.1) is 0 Å². The summed E-state index contributed by atoms with van der Waals surface area (Å²) >= 11 is 0. The summed E-state index contributed by atoms with van der Waals surface area (Å²) in [4.78, 5) is 9.88. The summed E-state index contributed by atoms with van der Waals surface area (Å²) in [6.07, 6.45) is 0. The number of sulfonamides is 2. The van der Waals surface area contributed by atoms with Crippen LogP contribution in [0.5, 0.6) is 5.75 Å². The van der Waals surface area contributed by atoms with Gasteiger partial charge in [0.15, 0.2) is 10.7 Å². The van der Waals surface area contributed by atoms with E-state index in [-0.39, 0.29) is 5.69 Å². The zero-order valence-electron chi connectivity index (χ0n) is 13.0. The van der Waals surface area contributed by atoms with E-state index in [1.165, 1.54) is 26.2 Å². The maximum atomic E-state index is 12.2. The Morgan fingerprint density at radius 1 is 1.28 bits per heavy atom. The van der Waals surface area contributed by atoms with Crippen LogP contribution in [0.2, 0.25) is 0 Å². The lowest BCUT2D eigenvalue weighted by Gasteiger charge is -2.15. The zero-order valence-corrected chi connectivity index (χ0v) is 14.6. The van der Waals surface area contributed by atoms with Crippen molar-refractivity contribution in [1.29, 1.82) is 0 Å². The maximum absolute atomic E-state index is 12.2. The summed E-state index contributed by atoms with van der Waals surface area (Å²) in [6.45, 7) is 0. The largest absolute Gasteiger partial charge is 0.504 e. The van der Waals surface area contributed by atoms with Gasteiger partial charge < -0.3 is 21.3 Å². The van der Waals surface area contributed by atoms with Crippen LogP contribution in [0.1, 0.15) is 0 Å². The van der Waals surface area contributed by atoms with Gasteiger partial charge in [-0.3, -0.25) is 4.79 Å². The third kappa shape index (κ3) is 3.16. The number of anilines is 1. The van der Waals surface area contributed by atoms with Crippen LogP contribution in [-0.2, 0) is 24.8 Å². The van der Waals surface area contributed by atoms with Gasteiger partial charge in [-0.05, 0) is 12.1 Å². The fourth-order valence-corrected chi connectivity index (χ4v) is 4.02. The summed E-state index contributed by atoms with van der Waals surface area (Å²) in [5, 5.41) is 22.1. The molecule has 1 aromatic carbocycles. The second kappa shape index (κ2) is 6.02. The number of phenols is 1. The molecule has 0 fully saturated rings. The van der Waals surface area contributed by atoms with Gasteiger partial charge in [-0.2, -0.15) is 8.42 Å². The Labute approximate surface area is 143 Å². The highest BCUT2D eigenvalue weighted by atomic mass is 32.2. The van der Waals surface area contributed by atoms with E-state index in [1.807, 2.05) is 0 Å². The standard InChI is InChI=1S/C12H14N4O7S2/c1-16(2)25(22,23)7-5-3-4-6(9(7)17)14-8-10(11(13)18)24(20,21)15-12(8)19/h3-5,14,17H,1-2H3,(H2,13,18)(H,15,19). The fourth-order valence-electron chi connectivity index (χ4n) is 1.96. The first kappa shape index (κ1) is 18.7. The van der Waals surface area contributed by atoms with Gasteiger partial charge in [0.05, 0.1) is 5.69 Å². The molecule has 13 heteroatoms. The zero-order chi connectivity index (χ0) is 19.2. The van der Waals surface area contributed by atoms with Crippen molar-refractivity contribution in [3.8, 4) is 5.75 Å². The van der Waals surface area contributed by atoms with Crippen LogP contribution in [0.15, 0.2) is 38.1 Å². The smallest absolute Gasteiger partial charge is 0.293 e. The van der Waals surface area contributed by atoms with E-state index < -0.39 is 53.1 Å². The summed E-state index contributed by atoms with van der Waals surface area (Å²) in [5.41, 5.74) is 4.04. The SMILES string of the molecule is CN(C)S(=O)(=O)c1cccc(NC2=C(C(N)=O)S(=O)(=O)N=C2O)c1O. The van der Waals surface area contributed by atoms with Crippen LogP contribution in [-0.4, -0.2) is 57.3 Å². The molecule has 0 radical (unpaired) electrons. The molecule has 136 valence electrons. The minimum absolute atomic E-state index is 0.282. The van der Waals surface area contributed by atoms with Crippen LogP contribution in [0.4, 0.5) is 5.69 Å². The van der Waals surface area contributed by atoms with Crippen molar-refractivity contribution in [3.63, 3.8) is 0 Å². The minimum Gasteiger partial charge on any atom is -0.504 e. The first-order valence-corrected chi connectivity index (χ1v) is 9.37. The molecule has 0 aliphatic carbocycles. The second-order valence-electron chi connectivity index (χ2n) is 5.02. The summed E-state index contributed by atoms with van der Waals surface area (Å²) in [6, 6.07) is 3.59. The van der Waals surface area contributed by atoms with Crippen molar-refractivity contribution < 1.29 is 31.8 Å². The van der Waals surface area contributed by atoms with E-state index >= 15 is 0 Å². The van der Waals surface area contributed by atoms with Crippen molar-refractivity contribution in [1.82, 2.24) is 4.31 Å². The molecule has 2 rings (SSSR count). The molecule has 1 aliphatic heterocycles. The van der Waals surface area contributed by atoms with Crippen LogP contribution >= 0.6 is 0 Å². The van der Waals surface area contributed by atoms with Gasteiger partial charge in [0.2, 0.25) is 15.9 Å². The van der Waals surface area contributed by atoms with Crippen molar-refractivity contribution in [2.45, 2.75) is 4.90 Å². The lowest BCUT2D eigenvalue weighted by molar-refractivity contribution is -0.114. The maximum Gasteiger partial charge on any atom is 0.293 e. The molecule has 1 aromatic rings. The number of nitrogens with one attached hydrogen (secondary N) is 1. The number of aromatic hydroxyl groups is 1. The number of carbonyl (C=O) groups excluding carboxylic acids is 1. The Kier molecular flexibility index (Phi) is 4.50. The Morgan fingerprint density at radius 3 is 2.40 bits per heavy atom. The predicted octanol–water partition coefficient (Wildman–Crippen LogP) is -0.949. The Balaban J connectivity index is 2.62. The number of hydrogen-bond donors (Lipinski definition) is 4. The molecule has 0 saturated heterocycles. The summed E-state index contributed by atoms with van der Waals surface area (Å²) in [5.74, 6) is -3.18. The van der Waals surface area contributed by atoms with Crippen molar-refractivity contribution in [2.24, 2.45) is 10.1 Å². The monoisotopic (exact) mass is 390 g/mol. The Bertz CT molecular complexity index is 1020. The lowest BCUT2D eigenvalue weighted by Crippen LogP contribution is -2.23. The number of para-hydroxylation sites is 1. The van der Waals surface area contributed by atoms with E-state index in [9.17, 15) is 31.8 Å². The Hall–Kier alpha value is -2.64. The summed E-state index contributed by atoms with van der Waals surface area (Å²) < 4.78 is 51.5. The van der Waals surface area contributed by atoms with Gasteiger partial charge >= 0.3 is 0 Å². The molecule has 0 atom stereocenters. The molecule has 1 amide bonds. The molecular formula is C12H14N4O7S2. The normalized spacial score (nSPS) is 16.8. The molecule has 5 N–H and O–H groups in total. The lowest BCUT2D eigenvalue weighted by atomic mass is 10.2. The number of nitrogens with two attached hydrogens (primary N) is 1. The number of carbonyl (C=O) groups is 1. The van der Waals surface area contributed by atoms with Gasteiger partial charge in [-0.25, -0.2) is 12.7 Å². The molecule has 0 bridgehead atoms. The number of phenolic OH excluding ortho intramolecular Hbond substituents is 1. The van der Waals surface area contributed by atoms with Crippen molar-refractivity contribution >= 4 is 37.5 Å². The first-order chi connectivity index (χ1) is 11.4. The van der Waals surface area contributed by atoms with Crippen LogP contribution in [0.25, 0.3) is 0 Å². The predicted molar refractivity (Wildman–Crippen MR) is 87.8 cm³/mol. The third-order valence-corrected chi connectivity index (χ3v) is 6.34. The van der Waals surface area contributed by atoms with E-state index in [2.05, 4.69) is 9.71 Å². The van der Waals surface area contributed by atoms with Crippen LogP contribution < -0.4 is 11.1 Å². The summed E-state index contributed by atoms with van der Waals surface area (Å²) in [7, 11) is -5.99. The van der Waals surface area contributed by atoms with E-state index in [0.29, 0.717) is 0 Å². The number of amides is 1. The van der Waals surface area contributed by atoms with Gasteiger partial charge in [0.1, 0.15) is 10.6 Å². The molecule has 1 aliphatic rings. The molecule has 1 heterocycles. The van der Waals surface area contributed by atoms with Crippen LogP contribution in [0.3, 0.4) is 0 Å². The highest BCUT2D eigenvalue weighted by molar-refractivity contribution is 7.95.